The van der Waals surface area contributed by atoms with Crippen molar-refractivity contribution in [1.29, 1.82) is 0 Å². The van der Waals surface area contributed by atoms with Crippen molar-refractivity contribution in [2.75, 3.05) is 0 Å². The highest BCUT2D eigenvalue weighted by atomic mass is 16.2. The van der Waals surface area contributed by atoms with E-state index in [1.165, 1.54) is 0 Å². The molecule has 2 rings (SSSR count). The number of carbonyl (C=O) groups excluding carboxylic acids is 1. The van der Waals surface area contributed by atoms with Gasteiger partial charge in [-0.25, -0.2) is 0 Å². The van der Waals surface area contributed by atoms with Crippen molar-refractivity contribution < 1.29 is 4.79 Å². The molecule has 1 heterocycles. The van der Waals surface area contributed by atoms with Gasteiger partial charge in [0.05, 0.1) is 0 Å². The number of rotatable bonds is 3. The van der Waals surface area contributed by atoms with Crippen molar-refractivity contribution in [3.8, 4) is 0 Å². The van der Waals surface area contributed by atoms with Gasteiger partial charge in [0.25, 0.3) is 5.91 Å². The fourth-order valence-electron chi connectivity index (χ4n) is 1.50. The fraction of sp³-hybridized carbons (Fsp3) is 0.556. The van der Waals surface area contributed by atoms with Crippen LogP contribution in [-0.4, -0.2) is 22.1 Å². The van der Waals surface area contributed by atoms with Crippen molar-refractivity contribution in [1.82, 2.24) is 15.5 Å². The van der Waals surface area contributed by atoms with E-state index in [9.17, 15) is 4.79 Å². The van der Waals surface area contributed by atoms with E-state index < -0.39 is 0 Å². The summed E-state index contributed by atoms with van der Waals surface area (Å²) in [7, 11) is 0. The highest BCUT2D eigenvalue weighted by Crippen LogP contribution is 2.33. The Bertz CT molecular complexity index is 294. The van der Waals surface area contributed by atoms with E-state index in [-0.39, 0.29) is 5.91 Å². The van der Waals surface area contributed by atoms with E-state index in [0.717, 1.165) is 12.8 Å². The van der Waals surface area contributed by atoms with Crippen LogP contribution in [-0.2, 0) is 0 Å². The van der Waals surface area contributed by atoms with Crippen LogP contribution in [0.5, 0.6) is 0 Å². The highest BCUT2D eigenvalue weighted by Gasteiger charge is 2.36. The molecule has 1 amide bonds. The van der Waals surface area contributed by atoms with Crippen LogP contribution in [0.3, 0.4) is 0 Å². The molecule has 0 spiro atoms. The highest BCUT2D eigenvalue weighted by molar-refractivity contribution is 5.92. The summed E-state index contributed by atoms with van der Waals surface area (Å²) >= 11 is 0. The molecule has 1 fully saturated rings. The van der Waals surface area contributed by atoms with Crippen molar-refractivity contribution in [3.63, 3.8) is 0 Å². The van der Waals surface area contributed by atoms with Gasteiger partial charge in [0.2, 0.25) is 0 Å². The van der Waals surface area contributed by atoms with Gasteiger partial charge in [-0.05, 0) is 18.4 Å². The van der Waals surface area contributed by atoms with Crippen LogP contribution in [0.1, 0.15) is 30.3 Å². The first-order valence-electron chi connectivity index (χ1n) is 4.61. The Labute approximate surface area is 76.7 Å². The zero-order chi connectivity index (χ0) is 9.26. The quantitative estimate of drug-likeness (QED) is 0.725. The lowest BCUT2D eigenvalue weighted by Crippen LogP contribution is -2.27. The van der Waals surface area contributed by atoms with Crippen LogP contribution in [0.15, 0.2) is 12.3 Å². The summed E-state index contributed by atoms with van der Waals surface area (Å²) in [5.74, 6) is 0.644. The molecule has 0 aliphatic heterocycles. The molecule has 1 aromatic heterocycles. The number of amides is 1. The van der Waals surface area contributed by atoms with E-state index in [1.807, 2.05) is 0 Å². The number of aromatic amines is 1. The number of nitrogens with one attached hydrogen (secondary N) is 2. The minimum Gasteiger partial charge on any atom is -0.348 e. The summed E-state index contributed by atoms with van der Waals surface area (Å²) in [5.41, 5.74) is 0.543. The molecule has 1 saturated carbocycles. The molecule has 0 radical (unpaired) electrons. The first kappa shape index (κ1) is 8.29. The lowest BCUT2D eigenvalue weighted by Gasteiger charge is -2.00. The Balaban J connectivity index is 1.87. The van der Waals surface area contributed by atoms with E-state index in [2.05, 4.69) is 22.4 Å². The van der Waals surface area contributed by atoms with Crippen molar-refractivity contribution in [2.24, 2.45) is 5.92 Å². The second-order valence-electron chi connectivity index (χ2n) is 3.45. The molecular formula is C9H13N3O. The molecule has 2 unspecified atom stereocenters. The van der Waals surface area contributed by atoms with Gasteiger partial charge in [0.15, 0.2) is 0 Å². The first-order chi connectivity index (χ1) is 6.31. The SMILES string of the molecule is CCC1CC1NC(=O)c1ccn[nH]1. The van der Waals surface area contributed by atoms with Gasteiger partial charge < -0.3 is 5.32 Å². The second kappa shape index (κ2) is 3.20. The van der Waals surface area contributed by atoms with Gasteiger partial charge in [0, 0.05) is 12.2 Å². The van der Waals surface area contributed by atoms with Crippen molar-refractivity contribution in [2.45, 2.75) is 25.8 Å². The largest absolute Gasteiger partial charge is 0.348 e. The van der Waals surface area contributed by atoms with E-state index in [0.29, 0.717) is 17.7 Å². The summed E-state index contributed by atoms with van der Waals surface area (Å²) < 4.78 is 0. The number of hydrogen-bond donors (Lipinski definition) is 2. The van der Waals surface area contributed by atoms with Gasteiger partial charge in [-0.2, -0.15) is 5.10 Å². The number of H-pyrrole nitrogens is 1. The minimum atomic E-state index is -0.0431. The summed E-state index contributed by atoms with van der Waals surface area (Å²) in [6.07, 6.45) is 3.85. The normalized spacial score (nSPS) is 25.6. The zero-order valence-corrected chi connectivity index (χ0v) is 7.58. The Hall–Kier alpha value is -1.32. The van der Waals surface area contributed by atoms with Crippen LogP contribution in [0.2, 0.25) is 0 Å². The fourth-order valence-corrected chi connectivity index (χ4v) is 1.50. The van der Waals surface area contributed by atoms with Gasteiger partial charge in [-0.1, -0.05) is 13.3 Å². The first-order valence-corrected chi connectivity index (χ1v) is 4.61. The molecule has 0 saturated heterocycles. The molecule has 2 N–H and O–H groups in total. The maximum absolute atomic E-state index is 11.4. The van der Waals surface area contributed by atoms with Gasteiger partial charge in [-0.3, -0.25) is 9.89 Å². The lowest BCUT2D eigenvalue weighted by molar-refractivity contribution is 0.0944. The second-order valence-corrected chi connectivity index (χ2v) is 3.45. The van der Waals surface area contributed by atoms with E-state index in [1.54, 1.807) is 12.3 Å². The Morgan fingerprint density at radius 3 is 3.23 bits per heavy atom. The van der Waals surface area contributed by atoms with Crippen LogP contribution in [0.4, 0.5) is 0 Å². The van der Waals surface area contributed by atoms with Gasteiger partial charge in [-0.15, -0.1) is 0 Å². The summed E-state index contributed by atoms with van der Waals surface area (Å²) in [6, 6.07) is 2.07. The van der Waals surface area contributed by atoms with Crippen LogP contribution >= 0.6 is 0 Å². The summed E-state index contributed by atoms with van der Waals surface area (Å²) in [4.78, 5) is 11.4. The minimum absolute atomic E-state index is 0.0431. The Morgan fingerprint density at radius 1 is 1.85 bits per heavy atom. The van der Waals surface area contributed by atoms with Crippen molar-refractivity contribution >= 4 is 5.91 Å². The van der Waals surface area contributed by atoms with Crippen LogP contribution in [0.25, 0.3) is 0 Å². The Kier molecular flexibility index (Phi) is 2.04. The number of nitrogens with zero attached hydrogens (tertiary/aromatic N) is 1. The molecule has 4 heteroatoms. The average Bonchev–Trinajstić information content (AvgIpc) is 2.68. The zero-order valence-electron chi connectivity index (χ0n) is 7.58. The van der Waals surface area contributed by atoms with Crippen molar-refractivity contribution in [3.05, 3.63) is 18.0 Å². The molecular weight excluding hydrogens is 166 g/mol. The molecule has 70 valence electrons. The number of carbonyl (C=O) groups is 1. The van der Waals surface area contributed by atoms with Gasteiger partial charge >= 0.3 is 0 Å². The molecule has 1 aromatic rings. The third-order valence-corrected chi connectivity index (χ3v) is 2.51. The van der Waals surface area contributed by atoms with Crippen LogP contribution < -0.4 is 5.32 Å². The third-order valence-electron chi connectivity index (χ3n) is 2.51. The molecule has 0 bridgehead atoms. The monoisotopic (exact) mass is 179 g/mol. The smallest absolute Gasteiger partial charge is 0.269 e. The predicted molar refractivity (Wildman–Crippen MR) is 48.2 cm³/mol. The molecule has 13 heavy (non-hydrogen) atoms. The maximum Gasteiger partial charge on any atom is 0.269 e. The number of aromatic nitrogens is 2. The topological polar surface area (TPSA) is 57.8 Å². The van der Waals surface area contributed by atoms with E-state index >= 15 is 0 Å². The summed E-state index contributed by atoms with van der Waals surface area (Å²) in [5, 5.41) is 9.31. The van der Waals surface area contributed by atoms with E-state index in [4.69, 9.17) is 0 Å². The predicted octanol–water partition coefficient (Wildman–Crippen LogP) is 0.938. The molecule has 1 aliphatic carbocycles. The van der Waals surface area contributed by atoms with Gasteiger partial charge in [0.1, 0.15) is 5.69 Å². The number of hydrogen-bond acceptors (Lipinski definition) is 2. The lowest BCUT2D eigenvalue weighted by atomic mass is 10.3. The summed E-state index contributed by atoms with van der Waals surface area (Å²) in [6.45, 7) is 2.15. The molecule has 2 atom stereocenters. The average molecular weight is 179 g/mol. The molecule has 1 aliphatic rings. The van der Waals surface area contributed by atoms with Crippen LogP contribution in [0, 0.1) is 5.92 Å². The maximum atomic E-state index is 11.4. The third kappa shape index (κ3) is 1.71. The standard InChI is InChI=1S/C9H13N3O/c1-2-6-5-8(6)11-9(13)7-3-4-10-12-7/h3-4,6,8H,2,5H2,1H3,(H,10,12)(H,11,13). The molecule has 4 nitrogen and oxygen atoms in total. The molecule has 0 aromatic carbocycles. The Morgan fingerprint density at radius 2 is 2.69 bits per heavy atom.